The molecule has 0 aliphatic carbocycles. The number of aromatic nitrogens is 5. The molecule has 2 aromatic heterocycles. The molecular formula is C15H14N6S. The standard InChI is InChI=1S/C15H14N6S/c1-9(2)14-18-19-15(22-14)21-13(12(8-16)17-20-21)11-6-4-5-10(3)7-11/h4-7,9H,1-3H3. The SMILES string of the molecule is Cc1cccc(-c2c(C#N)nnn2-c2nnc(C(C)C)s2)c1. The lowest BCUT2D eigenvalue weighted by atomic mass is 10.1. The third-order valence-corrected chi connectivity index (χ3v) is 4.37. The number of aryl methyl sites for hydroxylation is 1. The molecule has 0 N–H and O–H groups in total. The summed E-state index contributed by atoms with van der Waals surface area (Å²) in [6.45, 7) is 6.13. The molecular weight excluding hydrogens is 296 g/mol. The molecule has 0 fully saturated rings. The third-order valence-electron chi connectivity index (χ3n) is 3.17. The Kier molecular flexibility index (Phi) is 3.69. The van der Waals surface area contributed by atoms with Crippen molar-refractivity contribution in [3.05, 3.63) is 40.5 Å². The molecule has 7 heteroatoms. The van der Waals surface area contributed by atoms with Gasteiger partial charge in [0, 0.05) is 11.5 Å². The van der Waals surface area contributed by atoms with Crippen LogP contribution in [0.2, 0.25) is 0 Å². The third kappa shape index (κ3) is 2.49. The minimum Gasteiger partial charge on any atom is -0.191 e. The summed E-state index contributed by atoms with van der Waals surface area (Å²) in [4.78, 5) is 0. The monoisotopic (exact) mass is 310 g/mol. The van der Waals surface area contributed by atoms with Crippen molar-refractivity contribution < 1.29 is 0 Å². The summed E-state index contributed by atoms with van der Waals surface area (Å²) in [5.74, 6) is 0.299. The second kappa shape index (κ2) is 5.66. The van der Waals surface area contributed by atoms with E-state index in [2.05, 4.69) is 40.4 Å². The van der Waals surface area contributed by atoms with Crippen LogP contribution in [-0.4, -0.2) is 25.2 Å². The summed E-state index contributed by atoms with van der Waals surface area (Å²) in [5, 5.41) is 27.3. The Bertz CT molecular complexity index is 855. The number of nitriles is 1. The number of rotatable bonds is 3. The smallest absolute Gasteiger partial charge is 0.191 e. The fraction of sp³-hybridized carbons (Fsp3) is 0.267. The molecule has 110 valence electrons. The van der Waals surface area contributed by atoms with E-state index in [-0.39, 0.29) is 5.69 Å². The van der Waals surface area contributed by atoms with E-state index in [0.29, 0.717) is 16.7 Å². The molecule has 0 spiro atoms. The molecule has 0 radical (unpaired) electrons. The number of benzene rings is 1. The Balaban J connectivity index is 2.17. The van der Waals surface area contributed by atoms with Crippen LogP contribution in [0.1, 0.15) is 36.0 Å². The Hall–Kier alpha value is -2.59. The van der Waals surface area contributed by atoms with Gasteiger partial charge in [0.2, 0.25) is 5.13 Å². The lowest BCUT2D eigenvalue weighted by Crippen LogP contribution is -1.99. The summed E-state index contributed by atoms with van der Waals surface area (Å²) in [6, 6.07) is 9.99. The second-order valence-corrected chi connectivity index (χ2v) is 6.24. The van der Waals surface area contributed by atoms with Gasteiger partial charge in [-0.25, -0.2) is 0 Å². The molecule has 2 heterocycles. The van der Waals surface area contributed by atoms with E-state index in [1.165, 1.54) is 11.3 Å². The van der Waals surface area contributed by atoms with E-state index in [1.54, 1.807) is 4.68 Å². The molecule has 0 aliphatic heterocycles. The van der Waals surface area contributed by atoms with Gasteiger partial charge in [-0.05, 0) is 13.0 Å². The predicted molar refractivity (Wildman–Crippen MR) is 83.8 cm³/mol. The summed E-state index contributed by atoms with van der Waals surface area (Å²) in [7, 11) is 0. The quantitative estimate of drug-likeness (QED) is 0.742. The topological polar surface area (TPSA) is 80.3 Å². The molecule has 3 rings (SSSR count). The van der Waals surface area contributed by atoms with Crippen LogP contribution in [0.5, 0.6) is 0 Å². The van der Waals surface area contributed by atoms with Crippen molar-refractivity contribution in [1.29, 1.82) is 5.26 Å². The fourth-order valence-corrected chi connectivity index (χ4v) is 2.89. The van der Waals surface area contributed by atoms with Gasteiger partial charge in [-0.3, -0.25) is 0 Å². The zero-order valence-corrected chi connectivity index (χ0v) is 13.3. The van der Waals surface area contributed by atoms with Crippen molar-refractivity contribution in [2.45, 2.75) is 26.7 Å². The van der Waals surface area contributed by atoms with Gasteiger partial charge in [-0.2, -0.15) is 9.94 Å². The first kappa shape index (κ1) is 14.4. The minimum absolute atomic E-state index is 0.284. The van der Waals surface area contributed by atoms with Gasteiger partial charge in [0.15, 0.2) is 5.69 Å². The van der Waals surface area contributed by atoms with Gasteiger partial charge >= 0.3 is 0 Å². The first-order valence-corrected chi connectivity index (χ1v) is 7.68. The lowest BCUT2D eigenvalue weighted by molar-refractivity contribution is 0.776. The number of nitrogens with zero attached hydrogens (tertiary/aromatic N) is 6. The summed E-state index contributed by atoms with van der Waals surface area (Å²) in [5.41, 5.74) is 2.93. The molecule has 0 saturated heterocycles. The molecule has 0 saturated carbocycles. The summed E-state index contributed by atoms with van der Waals surface area (Å²) >= 11 is 1.46. The molecule has 3 aromatic rings. The molecule has 0 amide bonds. The largest absolute Gasteiger partial charge is 0.234 e. The molecule has 22 heavy (non-hydrogen) atoms. The highest BCUT2D eigenvalue weighted by Gasteiger charge is 2.19. The fourth-order valence-electron chi connectivity index (χ4n) is 2.09. The van der Waals surface area contributed by atoms with Crippen molar-refractivity contribution in [3.63, 3.8) is 0 Å². The zero-order valence-electron chi connectivity index (χ0n) is 12.5. The van der Waals surface area contributed by atoms with Crippen molar-refractivity contribution in [1.82, 2.24) is 25.2 Å². The highest BCUT2D eigenvalue weighted by molar-refractivity contribution is 7.13. The molecule has 6 nitrogen and oxygen atoms in total. The van der Waals surface area contributed by atoms with Crippen LogP contribution in [0.25, 0.3) is 16.4 Å². The minimum atomic E-state index is 0.284. The summed E-state index contributed by atoms with van der Waals surface area (Å²) in [6.07, 6.45) is 0. The highest BCUT2D eigenvalue weighted by atomic mass is 32.1. The predicted octanol–water partition coefficient (Wildman–Crippen LogP) is 3.09. The maximum atomic E-state index is 9.30. The van der Waals surface area contributed by atoms with Crippen LogP contribution in [0.15, 0.2) is 24.3 Å². The average molecular weight is 310 g/mol. The molecule has 0 aliphatic rings. The Morgan fingerprint density at radius 1 is 1.23 bits per heavy atom. The van der Waals surface area contributed by atoms with Gasteiger partial charge in [-0.15, -0.1) is 15.3 Å². The van der Waals surface area contributed by atoms with Crippen molar-refractivity contribution in [2.75, 3.05) is 0 Å². The molecule has 0 unspecified atom stereocenters. The van der Waals surface area contributed by atoms with Crippen LogP contribution in [-0.2, 0) is 0 Å². The average Bonchev–Trinajstić information content (AvgIpc) is 3.13. The van der Waals surface area contributed by atoms with E-state index in [0.717, 1.165) is 16.1 Å². The number of hydrogen-bond donors (Lipinski definition) is 0. The van der Waals surface area contributed by atoms with Crippen molar-refractivity contribution in [3.8, 4) is 22.5 Å². The van der Waals surface area contributed by atoms with Crippen LogP contribution in [0, 0.1) is 18.3 Å². The van der Waals surface area contributed by atoms with Crippen LogP contribution >= 0.6 is 11.3 Å². The maximum Gasteiger partial charge on any atom is 0.234 e. The molecule has 1 aromatic carbocycles. The van der Waals surface area contributed by atoms with Crippen LogP contribution in [0.4, 0.5) is 0 Å². The van der Waals surface area contributed by atoms with Crippen LogP contribution in [0.3, 0.4) is 0 Å². The van der Waals surface area contributed by atoms with Gasteiger partial charge in [0.25, 0.3) is 0 Å². The normalized spacial score (nSPS) is 10.9. The van der Waals surface area contributed by atoms with Crippen LogP contribution < -0.4 is 0 Å². The second-order valence-electron chi connectivity index (χ2n) is 5.26. The molecule has 0 atom stereocenters. The zero-order chi connectivity index (χ0) is 15.7. The Morgan fingerprint density at radius 3 is 2.68 bits per heavy atom. The van der Waals surface area contributed by atoms with Crippen molar-refractivity contribution in [2.24, 2.45) is 0 Å². The van der Waals surface area contributed by atoms with E-state index in [4.69, 9.17) is 0 Å². The Labute approximate surface area is 132 Å². The Morgan fingerprint density at radius 2 is 2.05 bits per heavy atom. The van der Waals surface area contributed by atoms with E-state index >= 15 is 0 Å². The van der Waals surface area contributed by atoms with Crippen molar-refractivity contribution >= 4 is 11.3 Å². The van der Waals surface area contributed by atoms with E-state index in [9.17, 15) is 5.26 Å². The van der Waals surface area contributed by atoms with Gasteiger partial charge in [0.1, 0.15) is 16.8 Å². The maximum absolute atomic E-state index is 9.30. The highest BCUT2D eigenvalue weighted by Crippen LogP contribution is 2.28. The summed E-state index contributed by atoms with van der Waals surface area (Å²) < 4.78 is 1.59. The van der Waals surface area contributed by atoms with Gasteiger partial charge in [-0.1, -0.05) is 54.2 Å². The van der Waals surface area contributed by atoms with Gasteiger partial charge < -0.3 is 0 Å². The van der Waals surface area contributed by atoms with E-state index in [1.807, 2.05) is 31.2 Å². The number of hydrogen-bond acceptors (Lipinski definition) is 6. The van der Waals surface area contributed by atoms with Gasteiger partial charge in [0.05, 0.1) is 0 Å². The lowest BCUT2D eigenvalue weighted by Gasteiger charge is -2.04. The first-order chi connectivity index (χ1) is 10.6. The first-order valence-electron chi connectivity index (χ1n) is 6.86. The van der Waals surface area contributed by atoms with E-state index < -0.39 is 0 Å². The molecule has 0 bridgehead atoms.